The number of ether oxygens (including phenoxy) is 2. The third-order valence-corrected chi connectivity index (χ3v) is 5.63. The zero-order valence-corrected chi connectivity index (χ0v) is 20.3. The van der Waals surface area contributed by atoms with Gasteiger partial charge in [-0.25, -0.2) is 0 Å². The molecule has 0 spiro atoms. The zero-order valence-electron chi connectivity index (χ0n) is 20.3. The first-order chi connectivity index (χ1) is 16.5. The molecule has 1 saturated heterocycles. The lowest BCUT2D eigenvalue weighted by atomic mass is 9.98. The Bertz CT molecular complexity index is 985. The Morgan fingerprint density at radius 2 is 1.88 bits per heavy atom. The minimum atomic E-state index is -0.211. The molecular formula is C26H34N4O4. The average molecular weight is 467 g/mol. The molecule has 0 saturated carbocycles. The van der Waals surface area contributed by atoms with E-state index in [2.05, 4.69) is 21.2 Å². The van der Waals surface area contributed by atoms with Gasteiger partial charge in [-0.15, -0.1) is 0 Å². The van der Waals surface area contributed by atoms with Gasteiger partial charge in [-0.1, -0.05) is 18.2 Å². The first-order valence-corrected chi connectivity index (χ1v) is 11.7. The summed E-state index contributed by atoms with van der Waals surface area (Å²) in [6.45, 7) is 8.59. The molecule has 0 aromatic heterocycles. The van der Waals surface area contributed by atoms with Gasteiger partial charge in [0, 0.05) is 31.8 Å². The van der Waals surface area contributed by atoms with Crippen LogP contribution in [0.25, 0.3) is 0 Å². The molecule has 2 aliphatic heterocycles. The van der Waals surface area contributed by atoms with Crippen molar-refractivity contribution < 1.29 is 19.1 Å². The molecule has 2 aromatic carbocycles. The highest BCUT2D eigenvalue weighted by Crippen LogP contribution is 2.20. The predicted molar refractivity (Wildman–Crippen MR) is 133 cm³/mol. The summed E-state index contributed by atoms with van der Waals surface area (Å²) >= 11 is 0. The van der Waals surface area contributed by atoms with Gasteiger partial charge in [-0.3, -0.25) is 14.6 Å². The van der Waals surface area contributed by atoms with Crippen LogP contribution in [-0.4, -0.2) is 69.6 Å². The van der Waals surface area contributed by atoms with Crippen molar-refractivity contribution in [3.8, 4) is 0 Å². The van der Waals surface area contributed by atoms with Crippen LogP contribution in [0.15, 0.2) is 47.6 Å². The van der Waals surface area contributed by atoms with Gasteiger partial charge < -0.3 is 19.7 Å². The lowest BCUT2D eigenvalue weighted by Crippen LogP contribution is -2.32. The molecule has 0 unspecified atom stereocenters. The SMILES string of the molecule is CCOC(C)=O.CN(C(=O)c1ccc2c(c1)CCNC2)c1ccc(C=NN2CCOCC2)cc1. The second-order valence-electron chi connectivity index (χ2n) is 8.10. The fourth-order valence-electron chi connectivity index (χ4n) is 3.73. The number of fused-ring (bicyclic) bond motifs is 1. The number of morpholine rings is 1. The predicted octanol–water partition coefficient (Wildman–Crippen LogP) is 2.84. The molecule has 2 aliphatic rings. The minimum Gasteiger partial charge on any atom is -0.466 e. The summed E-state index contributed by atoms with van der Waals surface area (Å²) in [6, 6.07) is 13.9. The third-order valence-electron chi connectivity index (χ3n) is 5.63. The summed E-state index contributed by atoms with van der Waals surface area (Å²) in [7, 11) is 1.82. The first-order valence-electron chi connectivity index (χ1n) is 11.7. The summed E-state index contributed by atoms with van der Waals surface area (Å²) in [5, 5.41) is 9.87. The van der Waals surface area contributed by atoms with Crippen LogP contribution in [0.4, 0.5) is 5.69 Å². The van der Waals surface area contributed by atoms with Crippen molar-refractivity contribution in [2.24, 2.45) is 5.10 Å². The van der Waals surface area contributed by atoms with E-state index in [1.165, 1.54) is 18.1 Å². The minimum absolute atomic E-state index is 0.0102. The highest BCUT2D eigenvalue weighted by atomic mass is 16.5. The van der Waals surface area contributed by atoms with Crippen molar-refractivity contribution in [2.75, 3.05) is 51.4 Å². The van der Waals surface area contributed by atoms with Gasteiger partial charge in [-0.2, -0.15) is 5.10 Å². The summed E-state index contributed by atoms with van der Waals surface area (Å²) in [5.41, 5.74) is 5.17. The molecule has 1 amide bonds. The van der Waals surface area contributed by atoms with E-state index in [9.17, 15) is 9.59 Å². The Kier molecular flexibility index (Phi) is 9.61. The largest absolute Gasteiger partial charge is 0.466 e. The molecule has 0 bridgehead atoms. The molecule has 8 nitrogen and oxygen atoms in total. The van der Waals surface area contributed by atoms with Gasteiger partial charge in [-0.05, 0) is 60.8 Å². The number of carbonyl (C=O) groups is 2. The van der Waals surface area contributed by atoms with Crippen molar-refractivity contribution in [3.05, 3.63) is 64.7 Å². The Hall–Kier alpha value is -3.23. The van der Waals surface area contributed by atoms with Crippen molar-refractivity contribution in [1.82, 2.24) is 10.3 Å². The normalized spacial score (nSPS) is 15.2. The molecule has 1 N–H and O–H groups in total. The number of rotatable bonds is 5. The maximum Gasteiger partial charge on any atom is 0.302 e. The first kappa shape index (κ1) is 25.4. The fraction of sp³-hybridized carbons (Fsp3) is 0.423. The van der Waals surface area contributed by atoms with E-state index in [0.29, 0.717) is 6.61 Å². The molecule has 8 heteroatoms. The van der Waals surface area contributed by atoms with E-state index in [4.69, 9.17) is 4.74 Å². The van der Waals surface area contributed by atoms with Crippen molar-refractivity contribution in [1.29, 1.82) is 0 Å². The Morgan fingerprint density at radius 3 is 2.53 bits per heavy atom. The Balaban J connectivity index is 0.000000481. The van der Waals surface area contributed by atoms with Crippen LogP contribution < -0.4 is 10.2 Å². The smallest absolute Gasteiger partial charge is 0.302 e. The topological polar surface area (TPSA) is 83.5 Å². The number of hydrogen-bond donors (Lipinski definition) is 1. The summed E-state index contributed by atoms with van der Waals surface area (Å²) in [5.74, 6) is -0.200. The number of anilines is 1. The Labute approximate surface area is 201 Å². The van der Waals surface area contributed by atoms with E-state index in [1.807, 2.05) is 54.7 Å². The molecular weight excluding hydrogens is 432 g/mol. The van der Waals surface area contributed by atoms with Crippen molar-refractivity contribution in [2.45, 2.75) is 26.8 Å². The number of hydrazone groups is 1. The molecule has 182 valence electrons. The number of carbonyl (C=O) groups excluding carboxylic acids is 2. The third kappa shape index (κ3) is 7.40. The number of esters is 1. The maximum absolute atomic E-state index is 12.9. The highest BCUT2D eigenvalue weighted by molar-refractivity contribution is 6.06. The summed E-state index contributed by atoms with van der Waals surface area (Å²) in [4.78, 5) is 24.4. The molecule has 2 heterocycles. The number of nitrogens with zero attached hydrogens (tertiary/aromatic N) is 3. The van der Waals surface area contributed by atoms with Gasteiger partial charge in [0.1, 0.15) is 0 Å². The Morgan fingerprint density at radius 1 is 1.15 bits per heavy atom. The number of amides is 1. The van der Waals surface area contributed by atoms with Crippen LogP contribution in [0.2, 0.25) is 0 Å². The van der Waals surface area contributed by atoms with Crippen molar-refractivity contribution >= 4 is 23.8 Å². The number of benzene rings is 2. The lowest BCUT2D eigenvalue weighted by Gasteiger charge is -2.23. The van der Waals surface area contributed by atoms with Crippen LogP contribution >= 0.6 is 0 Å². The monoisotopic (exact) mass is 466 g/mol. The van der Waals surface area contributed by atoms with Crippen LogP contribution in [0.5, 0.6) is 0 Å². The fourth-order valence-corrected chi connectivity index (χ4v) is 3.73. The van der Waals surface area contributed by atoms with Crippen molar-refractivity contribution in [3.63, 3.8) is 0 Å². The number of hydrogen-bond acceptors (Lipinski definition) is 7. The average Bonchev–Trinajstić information content (AvgIpc) is 2.87. The van der Waals surface area contributed by atoms with E-state index >= 15 is 0 Å². The number of nitrogens with one attached hydrogen (secondary N) is 1. The van der Waals surface area contributed by atoms with Gasteiger partial charge >= 0.3 is 5.97 Å². The van der Waals surface area contributed by atoms with E-state index < -0.39 is 0 Å². The molecule has 0 radical (unpaired) electrons. The van der Waals surface area contributed by atoms with Gasteiger partial charge in [0.25, 0.3) is 5.91 Å². The van der Waals surface area contributed by atoms with E-state index in [1.54, 1.807) is 11.8 Å². The van der Waals surface area contributed by atoms with Crippen LogP contribution in [0, 0.1) is 0 Å². The zero-order chi connectivity index (χ0) is 24.3. The molecule has 34 heavy (non-hydrogen) atoms. The molecule has 2 aromatic rings. The highest BCUT2D eigenvalue weighted by Gasteiger charge is 2.16. The lowest BCUT2D eigenvalue weighted by molar-refractivity contribution is -0.140. The van der Waals surface area contributed by atoms with Gasteiger partial charge in [0.05, 0.1) is 39.1 Å². The molecule has 0 atom stereocenters. The second kappa shape index (κ2) is 12.9. The maximum atomic E-state index is 12.9. The molecule has 4 rings (SSSR count). The molecule has 0 aliphatic carbocycles. The van der Waals surface area contributed by atoms with Gasteiger partial charge in [0.2, 0.25) is 0 Å². The standard InChI is InChI=1S/C22H26N4O2.C4H8O2/c1-25(22(27)19-4-5-20-16-23-9-8-18(20)14-19)21-6-2-17(3-7-21)15-24-26-10-12-28-13-11-26;1-3-6-4(2)5/h2-7,14-15,23H,8-13,16H2,1H3;3H2,1-2H3. The second-order valence-corrected chi connectivity index (χ2v) is 8.10. The van der Waals surface area contributed by atoms with Crippen LogP contribution in [0.3, 0.4) is 0 Å². The van der Waals surface area contributed by atoms with E-state index in [0.717, 1.165) is 62.6 Å². The van der Waals surface area contributed by atoms with Crippen LogP contribution in [-0.2, 0) is 27.2 Å². The van der Waals surface area contributed by atoms with Crippen LogP contribution in [0.1, 0.15) is 40.9 Å². The van der Waals surface area contributed by atoms with Gasteiger partial charge in [0.15, 0.2) is 0 Å². The summed E-state index contributed by atoms with van der Waals surface area (Å²) < 4.78 is 9.73. The van der Waals surface area contributed by atoms with E-state index in [-0.39, 0.29) is 11.9 Å². The molecule has 1 fully saturated rings. The quantitative estimate of drug-likeness (QED) is 0.539. The summed E-state index contributed by atoms with van der Waals surface area (Å²) in [6.07, 6.45) is 2.83.